The quantitative estimate of drug-likeness (QED) is 0.460. The van der Waals surface area contributed by atoms with Crippen LogP contribution in [0.25, 0.3) is 0 Å². The molecule has 2 aromatic carbocycles. The van der Waals surface area contributed by atoms with Crippen molar-refractivity contribution in [1.82, 2.24) is 10.2 Å². The number of amides is 1. The van der Waals surface area contributed by atoms with Crippen LogP contribution >= 0.6 is 0 Å². The van der Waals surface area contributed by atoms with Crippen LogP contribution in [0.5, 0.6) is 0 Å². The Hall–Kier alpha value is -2.59. The molecular formula is C28H36F3N3O3S. The maximum absolute atomic E-state index is 13.5. The summed E-state index contributed by atoms with van der Waals surface area (Å²) in [5.41, 5.74) is -0.931. The summed E-state index contributed by atoms with van der Waals surface area (Å²) in [7, 11) is -3.58. The largest absolute Gasteiger partial charge is 0.418 e. The molecule has 1 saturated carbocycles. The Kier molecular flexibility index (Phi) is 8.72. The second-order valence-corrected chi connectivity index (χ2v) is 12.8. The number of carbonyl (C=O) groups excluding carboxylic acids is 1. The van der Waals surface area contributed by atoms with Gasteiger partial charge in [-0.15, -0.1) is 0 Å². The molecule has 10 heteroatoms. The summed E-state index contributed by atoms with van der Waals surface area (Å²) in [4.78, 5) is 15.4. The molecule has 2 aromatic rings. The fourth-order valence-electron chi connectivity index (χ4n) is 5.64. The second-order valence-electron chi connectivity index (χ2n) is 10.8. The number of para-hydroxylation sites is 1. The lowest BCUT2D eigenvalue weighted by Gasteiger charge is -2.41. The summed E-state index contributed by atoms with van der Waals surface area (Å²) in [5, 5.41) is 6.37. The first kappa shape index (κ1) is 28.4. The van der Waals surface area contributed by atoms with Crippen molar-refractivity contribution in [1.29, 1.82) is 0 Å². The van der Waals surface area contributed by atoms with E-state index in [1.54, 1.807) is 35.2 Å². The van der Waals surface area contributed by atoms with E-state index in [0.717, 1.165) is 19.0 Å². The summed E-state index contributed by atoms with van der Waals surface area (Å²) in [6.45, 7) is 5.42. The van der Waals surface area contributed by atoms with Crippen LogP contribution in [0.15, 0.2) is 59.5 Å². The van der Waals surface area contributed by atoms with E-state index in [1.807, 2.05) is 0 Å². The Morgan fingerprint density at radius 2 is 1.68 bits per heavy atom. The third-order valence-corrected chi connectivity index (χ3v) is 9.35. The van der Waals surface area contributed by atoms with Crippen LogP contribution in [0.1, 0.15) is 45.1 Å². The maximum Gasteiger partial charge on any atom is 0.418 e. The molecule has 4 atom stereocenters. The summed E-state index contributed by atoms with van der Waals surface area (Å²) in [6, 6.07) is 12.5. The van der Waals surface area contributed by atoms with Gasteiger partial charge in [0.15, 0.2) is 9.84 Å². The van der Waals surface area contributed by atoms with Crippen LogP contribution in [0.4, 0.5) is 18.9 Å². The highest BCUT2D eigenvalue weighted by atomic mass is 32.2. The Labute approximate surface area is 222 Å². The fourth-order valence-corrected chi connectivity index (χ4v) is 7.33. The van der Waals surface area contributed by atoms with Gasteiger partial charge in [-0.25, -0.2) is 8.42 Å². The number of likely N-dealkylation sites (tertiary alicyclic amines) is 1. The maximum atomic E-state index is 13.5. The number of hydrogen-bond acceptors (Lipinski definition) is 5. The average Bonchev–Trinajstić information content (AvgIpc) is 3.22. The van der Waals surface area contributed by atoms with E-state index in [1.165, 1.54) is 18.2 Å². The number of carbonyl (C=O) groups is 1. The van der Waals surface area contributed by atoms with Gasteiger partial charge in [0, 0.05) is 24.3 Å². The smallest absolute Gasteiger partial charge is 0.373 e. The zero-order valence-corrected chi connectivity index (χ0v) is 22.6. The zero-order chi connectivity index (χ0) is 27.5. The number of hydrogen-bond donors (Lipinski definition) is 2. The molecule has 1 aliphatic carbocycles. The van der Waals surface area contributed by atoms with Gasteiger partial charge >= 0.3 is 6.18 Å². The van der Waals surface area contributed by atoms with Crippen LogP contribution in [-0.4, -0.2) is 56.2 Å². The van der Waals surface area contributed by atoms with Gasteiger partial charge < -0.3 is 15.5 Å². The Morgan fingerprint density at radius 1 is 1.00 bits per heavy atom. The molecule has 0 spiro atoms. The zero-order valence-electron chi connectivity index (χ0n) is 21.7. The highest BCUT2D eigenvalue weighted by Crippen LogP contribution is 2.37. The van der Waals surface area contributed by atoms with E-state index in [-0.39, 0.29) is 40.2 Å². The molecule has 208 valence electrons. The van der Waals surface area contributed by atoms with Gasteiger partial charge in [-0.1, -0.05) is 44.2 Å². The van der Waals surface area contributed by atoms with Crippen molar-refractivity contribution >= 4 is 21.4 Å². The van der Waals surface area contributed by atoms with E-state index in [9.17, 15) is 26.4 Å². The van der Waals surface area contributed by atoms with Gasteiger partial charge in [0.1, 0.15) is 6.04 Å². The van der Waals surface area contributed by atoms with Crippen LogP contribution in [0.3, 0.4) is 0 Å². The van der Waals surface area contributed by atoms with E-state index in [2.05, 4.69) is 24.5 Å². The Balaban J connectivity index is 1.53. The predicted octanol–water partition coefficient (Wildman–Crippen LogP) is 4.98. The molecule has 1 heterocycles. The number of nitrogens with one attached hydrogen (secondary N) is 2. The molecule has 38 heavy (non-hydrogen) atoms. The molecule has 1 amide bonds. The monoisotopic (exact) mass is 551 g/mol. The first-order valence-electron chi connectivity index (χ1n) is 13.2. The molecule has 2 aliphatic rings. The molecule has 1 saturated heterocycles. The summed E-state index contributed by atoms with van der Waals surface area (Å²) < 4.78 is 67.1. The van der Waals surface area contributed by atoms with E-state index < -0.39 is 27.6 Å². The van der Waals surface area contributed by atoms with Crippen LogP contribution in [0, 0.1) is 11.8 Å². The van der Waals surface area contributed by atoms with Gasteiger partial charge in [0.05, 0.1) is 16.2 Å². The number of sulfone groups is 1. The van der Waals surface area contributed by atoms with Crippen molar-refractivity contribution in [3.05, 3.63) is 60.2 Å². The van der Waals surface area contributed by atoms with Gasteiger partial charge in [0.2, 0.25) is 5.91 Å². The van der Waals surface area contributed by atoms with E-state index >= 15 is 0 Å². The van der Waals surface area contributed by atoms with Crippen LogP contribution in [-0.2, 0) is 20.8 Å². The summed E-state index contributed by atoms with van der Waals surface area (Å²) in [5.74, 6) is -0.197. The molecule has 0 bridgehead atoms. The van der Waals surface area contributed by atoms with Crippen molar-refractivity contribution in [2.45, 2.75) is 68.7 Å². The summed E-state index contributed by atoms with van der Waals surface area (Å²) in [6.07, 6.45) is -2.12. The third kappa shape index (κ3) is 6.69. The SMILES string of the molecule is CC(C)CN[C@@H]1CC[C@H](N2CCC(Nc3ccccc3C(F)(F)F)C2=O)[C@H](CS(=O)(=O)c2ccccc2)C1. The first-order valence-corrected chi connectivity index (χ1v) is 14.9. The molecule has 2 N–H and O–H groups in total. The van der Waals surface area contributed by atoms with Gasteiger partial charge in [-0.3, -0.25) is 4.79 Å². The standard InChI is InChI=1S/C28H36F3N3O3S/c1-19(2)17-32-21-12-13-26(20(16-21)18-38(36,37)22-8-4-3-5-9-22)34-15-14-25(27(34)35)33-24-11-7-6-10-23(24)28(29,30)31/h3-11,19-21,25-26,32-33H,12-18H2,1-2H3/t20-,21+,25?,26-/m0/s1. The molecule has 4 rings (SSSR count). The Morgan fingerprint density at radius 3 is 2.37 bits per heavy atom. The molecule has 0 aromatic heterocycles. The minimum atomic E-state index is -4.54. The number of rotatable bonds is 9. The lowest BCUT2D eigenvalue weighted by Crippen LogP contribution is -2.51. The van der Waals surface area contributed by atoms with Crippen LogP contribution < -0.4 is 10.6 Å². The van der Waals surface area contributed by atoms with Gasteiger partial charge in [-0.2, -0.15) is 13.2 Å². The molecule has 0 radical (unpaired) electrons. The third-order valence-electron chi connectivity index (χ3n) is 7.50. The molecule has 2 fully saturated rings. The van der Waals surface area contributed by atoms with Gasteiger partial charge in [0.25, 0.3) is 0 Å². The number of anilines is 1. The van der Waals surface area contributed by atoms with Gasteiger partial charge in [-0.05, 0) is 68.3 Å². The second kappa shape index (κ2) is 11.7. The number of benzene rings is 2. The highest BCUT2D eigenvalue weighted by Gasteiger charge is 2.44. The number of nitrogens with zero attached hydrogens (tertiary/aromatic N) is 1. The van der Waals surface area contributed by atoms with Crippen molar-refractivity contribution in [3.63, 3.8) is 0 Å². The molecule has 1 unspecified atom stereocenters. The first-order chi connectivity index (χ1) is 18.0. The lowest BCUT2D eigenvalue weighted by molar-refractivity contribution is -0.137. The predicted molar refractivity (Wildman–Crippen MR) is 141 cm³/mol. The minimum Gasteiger partial charge on any atom is -0.373 e. The molecule has 6 nitrogen and oxygen atoms in total. The average molecular weight is 552 g/mol. The highest BCUT2D eigenvalue weighted by molar-refractivity contribution is 7.91. The minimum absolute atomic E-state index is 0.0830. The Bertz CT molecular complexity index is 1200. The normalized spacial score (nSPS) is 24.7. The topological polar surface area (TPSA) is 78.5 Å². The van der Waals surface area contributed by atoms with Crippen molar-refractivity contribution in [2.24, 2.45) is 11.8 Å². The summed E-state index contributed by atoms with van der Waals surface area (Å²) >= 11 is 0. The van der Waals surface area contributed by atoms with Crippen LogP contribution in [0.2, 0.25) is 0 Å². The number of alkyl halides is 3. The number of halogens is 3. The van der Waals surface area contributed by atoms with Crippen molar-refractivity contribution in [2.75, 3.05) is 24.2 Å². The molecular weight excluding hydrogens is 515 g/mol. The fraction of sp³-hybridized carbons (Fsp3) is 0.536. The molecule has 1 aliphatic heterocycles. The van der Waals surface area contributed by atoms with Crippen molar-refractivity contribution in [3.8, 4) is 0 Å². The van der Waals surface area contributed by atoms with E-state index in [4.69, 9.17) is 0 Å². The van der Waals surface area contributed by atoms with Crippen molar-refractivity contribution < 1.29 is 26.4 Å². The lowest BCUT2D eigenvalue weighted by atomic mass is 9.81. The van der Waals surface area contributed by atoms with E-state index in [0.29, 0.717) is 31.7 Å².